The first-order chi connectivity index (χ1) is 5.88. The minimum atomic E-state index is -0.438. The zero-order valence-electron chi connectivity index (χ0n) is 8.10. The van der Waals surface area contributed by atoms with E-state index in [2.05, 4.69) is 16.2 Å². The summed E-state index contributed by atoms with van der Waals surface area (Å²) in [6, 6.07) is -0.438. The third-order valence-corrected chi connectivity index (χ3v) is 1.59. The number of nitrogens with one attached hydrogen (secondary N) is 3. The van der Waals surface area contributed by atoms with Gasteiger partial charge in [0, 0.05) is 5.54 Å². The van der Waals surface area contributed by atoms with Crippen molar-refractivity contribution in [3.63, 3.8) is 0 Å². The molecule has 1 atom stereocenters. The highest BCUT2D eigenvalue weighted by Gasteiger charge is 2.29. The minimum absolute atomic E-state index is 0.144. The maximum absolute atomic E-state index is 11.4. The normalized spacial score (nSPS) is 22.7. The quantitative estimate of drug-likeness (QED) is 0.505. The lowest BCUT2D eigenvalue weighted by Crippen LogP contribution is -2.49. The summed E-state index contributed by atoms with van der Waals surface area (Å²) in [6.07, 6.45) is 0.210. The molecule has 0 aromatic carbocycles. The summed E-state index contributed by atoms with van der Waals surface area (Å²) in [5.41, 5.74) is 4.74. The van der Waals surface area contributed by atoms with Crippen molar-refractivity contribution in [2.45, 2.75) is 38.8 Å². The molecule has 0 aliphatic carbocycles. The van der Waals surface area contributed by atoms with Gasteiger partial charge in [-0.3, -0.25) is 15.0 Å². The highest BCUT2D eigenvalue weighted by molar-refractivity contribution is 5.91. The zero-order valence-corrected chi connectivity index (χ0v) is 8.10. The molecule has 1 rings (SSSR count). The van der Waals surface area contributed by atoms with Crippen molar-refractivity contribution in [3.8, 4) is 0 Å². The molecule has 2 amide bonds. The second-order valence-corrected chi connectivity index (χ2v) is 4.19. The van der Waals surface area contributed by atoms with Crippen LogP contribution in [0.1, 0.15) is 27.2 Å². The van der Waals surface area contributed by atoms with Crippen molar-refractivity contribution in [3.05, 3.63) is 0 Å². The first-order valence-electron chi connectivity index (χ1n) is 4.25. The molecule has 0 saturated carbocycles. The van der Waals surface area contributed by atoms with E-state index in [0.29, 0.717) is 0 Å². The predicted octanol–water partition coefficient (Wildman–Crippen LogP) is -0.706. The molecular formula is C8H15N3O2. The lowest BCUT2D eigenvalue weighted by molar-refractivity contribution is -0.125. The maximum Gasteiger partial charge on any atom is 0.239 e. The second-order valence-electron chi connectivity index (χ2n) is 4.19. The fraction of sp³-hybridized carbons (Fsp3) is 0.750. The van der Waals surface area contributed by atoms with Gasteiger partial charge < -0.3 is 5.32 Å². The lowest BCUT2D eigenvalue weighted by atomic mass is 10.1. The van der Waals surface area contributed by atoms with E-state index in [1.807, 2.05) is 20.8 Å². The molecule has 0 aromatic heterocycles. The molecule has 1 heterocycles. The molecule has 0 aromatic rings. The Balaban J connectivity index is 2.45. The topological polar surface area (TPSA) is 70.2 Å². The van der Waals surface area contributed by atoms with Crippen LogP contribution in [0.2, 0.25) is 0 Å². The van der Waals surface area contributed by atoms with Crippen molar-refractivity contribution >= 4 is 11.8 Å². The molecule has 1 aliphatic heterocycles. The van der Waals surface area contributed by atoms with Crippen LogP contribution in [0.4, 0.5) is 0 Å². The van der Waals surface area contributed by atoms with E-state index in [-0.39, 0.29) is 23.8 Å². The van der Waals surface area contributed by atoms with Crippen molar-refractivity contribution in [1.29, 1.82) is 0 Å². The van der Waals surface area contributed by atoms with E-state index in [0.717, 1.165) is 0 Å². The van der Waals surface area contributed by atoms with E-state index in [4.69, 9.17) is 0 Å². The summed E-state index contributed by atoms with van der Waals surface area (Å²) in [5.74, 6) is -0.292. The molecule has 1 fully saturated rings. The van der Waals surface area contributed by atoms with Crippen LogP contribution < -0.4 is 16.2 Å². The number of rotatable bonds is 1. The Morgan fingerprint density at radius 2 is 2.15 bits per heavy atom. The fourth-order valence-electron chi connectivity index (χ4n) is 1.07. The standard InChI is InChI=1S/C8H15N3O2/c1-8(2,3)9-7(13)5-4-6(12)11-10-5/h5,10H,4H2,1-3H3,(H,9,13)(H,11,12). The average Bonchev–Trinajstić information content (AvgIpc) is 2.31. The van der Waals surface area contributed by atoms with Crippen molar-refractivity contribution in [1.82, 2.24) is 16.2 Å². The molecule has 3 N–H and O–H groups in total. The van der Waals surface area contributed by atoms with Gasteiger partial charge in [-0.15, -0.1) is 0 Å². The Labute approximate surface area is 77.2 Å². The van der Waals surface area contributed by atoms with E-state index >= 15 is 0 Å². The third kappa shape index (κ3) is 3.02. The molecule has 1 aliphatic rings. The Morgan fingerprint density at radius 3 is 2.54 bits per heavy atom. The fourth-order valence-corrected chi connectivity index (χ4v) is 1.07. The lowest BCUT2D eigenvalue weighted by Gasteiger charge is -2.22. The first-order valence-corrected chi connectivity index (χ1v) is 4.25. The van der Waals surface area contributed by atoms with Crippen LogP contribution in [0.15, 0.2) is 0 Å². The molecule has 5 nitrogen and oxygen atoms in total. The largest absolute Gasteiger partial charge is 0.350 e. The summed E-state index contributed by atoms with van der Waals surface area (Å²) in [6.45, 7) is 5.69. The Bertz CT molecular complexity index is 232. The summed E-state index contributed by atoms with van der Waals surface area (Å²) in [7, 11) is 0. The number of carbonyl (C=O) groups excluding carboxylic acids is 2. The molecule has 1 saturated heterocycles. The zero-order chi connectivity index (χ0) is 10.1. The third-order valence-electron chi connectivity index (χ3n) is 1.59. The Morgan fingerprint density at radius 1 is 1.54 bits per heavy atom. The van der Waals surface area contributed by atoms with Crippen LogP contribution in [-0.4, -0.2) is 23.4 Å². The van der Waals surface area contributed by atoms with E-state index < -0.39 is 6.04 Å². The molecule has 5 heteroatoms. The van der Waals surface area contributed by atoms with Gasteiger partial charge in [-0.1, -0.05) is 0 Å². The first kappa shape index (κ1) is 9.98. The van der Waals surface area contributed by atoms with Crippen LogP contribution >= 0.6 is 0 Å². The molecule has 0 spiro atoms. The SMILES string of the molecule is CC(C)(C)NC(=O)C1CC(=O)NN1. The van der Waals surface area contributed by atoms with E-state index in [1.165, 1.54) is 0 Å². The predicted molar refractivity (Wildman–Crippen MR) is 47.6 cm³/mol. The summed E-state index contributed by atoms with van der Waals surface area (Å²) < 4.78 is 0. The van der Waals surface area contributed by atoms with Crippen LogP contribution in [0, 0.1) is 0 Å². The van der Waals surface area contributed by atoms with Crippen LogP contribution in [0.25, 0.3) is 0 Å². The van der Waals surface area contributed by atoms with Crippen LogP contribution in [0.5, 0.6) is 0 Å². The van der Waals surface area contributed by atoms with Gasteiger partial charge in [0.25, 0.3) is 0 Å². The van der Waals surface area contributed by atoms with Gasteiger partial charge in [-0.2, -0.15) is 0 Å². The van der Waals surface area contributed by atoms with Gasteiger partial charge in [-0.05, 0) is 20.8 Å². The van der Waals surface area contributed by atoms with Gasteiger partial charge in [-0.25, -0.2) is 5.43 Å². The summed E-state index contributed by atoms with van der Waals surface area (Å²) in [4.78, 5) is 22.2. The average molecular weight is 185 g/mol. The van der Waals surface area contributed by atoms with E-state index in [1.54, 1.807) is 0 Å². The van der Waals surface area contributed by atoms with E-state index in [9.17, 15) is 9.59 Å². The second kappa shape index (κ2) is 3.33. The van der Waals surface area contributed by atoms with Gasteiger partial charge >= 0.3 is 0 Å². The van der Waals surface area contributed by atoms with Crippen LogP contribution in [-0.2, 0) is 9.59 Å². The number of amides is 2. The Kier molecular flexibility index (Phi) is 2.56. The number of hydrazine groups is 1. The molecule has 74 valence electrons. The highest BCUT2D eigenvalue weighted by atomic mass is 16.2. The van der Waals surface area contributed by atoms with Crippen molar-refractivity contribution in [2.24, 2.45) is 0 Å². The summed E-state index contributed by atoms with van der Waals surface area (Å²) in [5, 5.41) is 2.79. The molecule has 13 heavy (non-hydrogen) atoms. The van der Waals surface area contributed by atoms with Crippen molar-refractivity contribution in [2.75, 3.05) is 0 Å². The number of carbonyl (C=O) groups is 2. The van der Waals surface area contributed by atoms with Gasteiger partial charge in [0.15, 0.2) is 0 Å². The smallest absolute Gasteiger partial charge is 0.239 e. The molecule has 1 unspecified atom stereocenters. The molecule has 0 bridgehead atoms. The summed E-state index contributed by atoms with van der Waals surface area (Å²) >= 11 is 0. The van der Waals surface area contributed by atoms with Gasteiger partial charge in [0.1, 0.15) is 6.04 Å². The highest BCUT2D eigenvalue weighted by Crippen LogP contribution is 2.03. The van der Waals surface area contributed by atoms with Gasteiger partial charge in [0.05, 0.1) is 6.42 Å². The molecular weight excluding hydrogens is 170 g/mol. The number of hydrogen-bond acceptors (Lipinski definition) is 3. The molecule has 0 radical (unpaired) electrons. The minimum Gasteiger partial charge on any atom is -0.350 e. The number of hydrogen-bond donors (Lipinski definition) is 3. The van der Waals surface area contributed by atoms with Crippen molar-refractivity contribution < 1.29 is 9.59 Å². The monoisotopic (exact) mass is 185 g/mol. The maximum atomic E-state index is 11.4. The Hall–Kier alpha value is -1.10. The van der Waals surface area contributed by atoms with Gasteiger partial charge in [0.2, 0.25) is 11.8 Å². The van der Waals surface area contributed by atoms with Crippen LogP contribution in [0.3, 0.4) is 0 Å².